The van der Waals surface area contributed by atoms with Gasteiger partial charge >= 0.3 is 0 Å². The van der Waals surface area contributed by atoms with Gasteiger partial charge in [-0.15, -0.1) is 10.2 Å². The van der Waals surface area contributed by atoms with Gasteiger partial charge in [0.05, 0.1) is 5.75 Å². The second-order valence-electron chi connectivity index (χ2n) is 6.73. The van der Waals surface area contributed by atoms with Crippen molar-refractivity contribution < 1.29 is 9.53 Å². The molecule has 2 heterocycles. The molecule has 0 N–H and O–H groups in total. The first-order valence-electron chi connectivity index (χ1n) is 9.05. The quantitative estimate of drug-likeness (QED) is 0.727. The fourth-order valence-corrected chi connectivity index (χ4v) is 3.95. The van der Waals surface area contributed by atoms with E-state index >= 15 is 0 Å². The summed E-state index contributed by atoms with van der Waals surface area (Å²) in [5.41, 5.74) is 1.09. The molecule has 1 fully saturated rings. The molecule has 0 radical (unpaired) electrons. The Morgan fingerprint density at radius 1 is 1.31 bits per heavy atom. The molecule has 1 saturated heterocycles. The fourth-order valence-electron chi connectivity index (χ4n) is 3.13. The van der Waals surface area contributed by atoms with Gasteiger partial charge in [0.2, 0.25) is 5.91 Å². The number of carbonyl (C=O) groups excluding carboxylic acids is 1. The standard InChI is InChI=1S/C19H26N4O2S/c1-14-8-4-5-10-16(14)25-12-17-20-21-19(22(17)3)26-13-18(24)23-11-7-6-9-15(23)2/h4-5,8,10,15H,6-7,9,11-13H2,1-3H3/t15-/m1/s1. The van der Waals surface area contributed by atoms with Gasteiger partial charge in [-0.1, -0.05) is 30.0 Å². The van der Waals surface area contributed by atoms with E-state index in [0.717, 1.165) is 41.7 Å². The lowest BCUT2D eigenvalue weighted by Crippen LogP contribution is -2.42. The van der Waals surface area contributed by atoms with Crippen LogP contribution in [0.5, 0.6) is 5.75 Å². The van der Waals surface area contributed by atoms with Gasteiger partial charge in [0.15, 0.2) is 11.0 Å². The van der Waals surface area contributed by atoms with Crippen LogP contribution in [0.25, 0.3) is 0 Å². The minimum Gasteiger partial charge on any atom is -0.485 e. The lowest BCUT2D eigenvalue weighted by atomic mass is 10.0. The van der Waals surface area contributed by atoms with Crippen LogP contribution < -0.4 is 4.74 Å². The van der Waals surface area contributed by atoms with Crippen LogP contribution in [-0.2, 0) is 18.4 Å². The first kappa shape index (κ1) is 18.8. The number of likely N-dealkylation sites (tertiary alicyclic amines) is 1. The van der Waals surface area contributed by atoms with Crippen molar-refractivity contribution in [2.75, 3.05) is 12.3 Å². The number of nitrogens with zero attached hydrogens (tertiary/aromatic N) is 4. The molecule has 0 saturated carbocycles. The number of hydrogen-bond donors (Lipinski definition) is 0. The van der Waals surface area contributed by atoms with Gasteiger partial charge in [-0.3, -0.25) is 4.79 Å². The van der Waals surface area contributed by atoms with Crippen LogP contribution >= 0.6 is 11.8 Å². The van der Waals surface area contributed by atoms with Gasteiger partial charge in [-0.2, -0.15) is 0 Å². The zero-order chi connectivity index (χ0) is 18.5. The molecule has 7 heteroatoms. The third-order valence-electron chi connectivity index (χ3n) is 4.82. The molecule has 1 atom stereocenters. The zero-order valence-electron chi connectivity index (χ0n) is 15.6. The summed E-state index contributed by atoms with van der Waals surface area (Å²) in [4.78, 5) is 14.5. The van der Waals surface area contributed by atoms with Gasteiger partial charge in [0.1, 0.15) is 12.4 Å². The van der Waals surface area contributed by atoms with E-state index in [-0.39, 0.29) is 5.91 Å². The number of ether oxygens (including phenoxy) is 1. The predicted molar refractivity (Wildman–Crippen MR) is 102 cm³/mol. The van der Waals surface area contributed by atoms with E-state index in [2.05, 4.69) is 17.1 Å². The third kappa shape index (κ3) is 4.38. The molecule has 0 bridgehead atoms. The lowest BCUT2D eigenvalue weighted by Gasteiger charge is -2.33. The van der Waals surface area contributed by atoms with E-state index < -0.39 is 0 Å². The van der Waals surface area contributed by atoms with Gasteiger partial charge in [0, 0.05) is 19.6 Å². The molecule has 1 aliphatic heterocycles. The predicted octanol–water partition coefficient (Wildman–Crippen LogP) is 3.20. The largest absolute Gasteiger partial charge is 0.485 e. The Bertz CT molecular complexity index is 762. The Morgan fingerprint density at radius 3 is 2.88 bits per heavy atom. The van der Waals surface area contributed by atoms with Crippen LogP contribution in [-0.4, -0.2) is 43.9 Å². The molecule has 0 aliphatic carbocycles. The summed E-state index contributed by atoms with van der Waals surface area (Å²) in [7, 11) is 1.91. The topological polar surface area (TPSA) is 60.3 Å². The maximum absolute atomic E-state index is 12.5. The molecular formula is C19H26N4O2S. The second kappa shape index (κ2) is 8.58. The van der Waals surface area contributed by atoms with Gasteiger partial charge in [0.25, 0.3) is 0 Å². The molecule has 2 aromatic rings. The number of aromatic nitrogens is 3. The van der Waals surface area contributed by atoms with Crippen LogP contribution in [0.1, 0.15) is 37.6 Å². The number of rotatable bonds is 6. The molecule has 1 amide bonds. The van der Waals surface area contributed by atoms with Crippen molar-refractivity contribution in [3.63, 3.8) is 0 Å². The molecular weight excluding hydrogens is 348 g/mol. The summed E-state index contributed by atoms with van der Waals surface area (Å²) in [6, 6.07) is 8.24. The van der Waals surface area contributed by atoms with Crippen LogP contribution in [0.4, 0.5) is 0 Å². The van der Waals surface area contributed by atoms with Gasteiger partial charge < -0.3 is 14.2 Å². The summed E-state index contributed by atoms with van der Waals surface area (Å²) in [5, 5.41) is 9.16. The van der Waals surface area contributed by atoms with Crippen LogP contribution in [0.15, 0.2) is 29.4 Å². The molecule has 3 rings (SSSR count). The molecule has 6 nitrogen and oxygen atoms in total. The number of hydrogen-bond acceptors (Lipinski definition) is 5. The Morgan fingerprint density at radius 2 is 2.12 bits per heavy atom. The van der Waals surface area contributed by atoms with E-state index in [1.165, 1.54) is 18.2 Å². The Labute approximate surface area is 158 Å². The highest BCUT2D eigenvalue weighted by molar-refractivity contribution is 7.99. The van der Waals surface area contributed by atoms with Gasteiger partial charge in [-0.05, 0) is 44.7 Å². The van der Waals surface area contributed by atoms with Crippen molar-refractivity contribution in [2.24, 2.45) is 7.05 Å². The summed E-state index contributed by atoms with van der Waals surface area (Å²) in [5.74, 6) is 2.17. The first-order chi connectivity index (χ1) is 12.6. The summed E-state index contributed by atoms with van der Waals surface area (Å²) >= 11 is 1.44. The van der Waals surface area contributed by atoms with Crippen molar-refractivity contribution in [3.8, 4) is 5.75 Å². The number of amides is 1. The van der Waals surface area contributed by atoms with Crippen molar-refractivity contribution in [1.29, 1.82) is 0 Å². The number of piperidine rings is 1. The van der Waals surface area contributed by atoms with Crippen molar-refractivity contribution >= 4 is 17.7 Å². The molecule has 26 heavy (non-hydrogen) atoms. The van der Waals surface area contributed by atoms with Crippen LogP contribution in [0.2, 0.25) is 0 Å². The average Bonchev–Trinajstić information content (AvgIpc) is 2.99. The third-order valence-corrected chi connectivity index (χ3v) is 5.83. The maximum Gasteiger partial charge on any atom is 0.233 e. The molecule has 0 spiro atoms. The Hall–Kier alpha value is -2.02. The molecule has 1 aromatic heterocycles. The normalized spacial score (nSPS) is 17.3. The van der Waals surface area contributed by atoms with E-state index in [4.69, 9.17) is 4.74 Å². The lowest BCUT2D eigenvalue weighted by molar-refractivity contribution is -0.131. The molecule has 1 aromatic carbocycles. The van der Waals surface area contributed by atoms with E-state index in [1.807, 2.05) is 47.7 Å². The summed E-state index contributed by atoms with van der Waals surface area (Å²) in [6.45, 7) is 5.37. The SMILES string of the molecule is Cc1ccccc1OCc1nnc(SCC(=O)N2CCCC[C@H]2C)n1C. The Kier molecular flexibility index (Phi) is 6.19. The van der Waals surface area contributed by atoms with Gasteiger partial charge in [-0.25, -0.2) is 0 Å². The van der Waals surface area contributed by atoms with Crippen molar-refractivity contribution in [3.05, 3.63) is 35.7 Å². The molecule has 140 valence electrons. The highest BCUT2D eigenvalue weighted by atomic mass is 32.2. The maximum atomic E-state index is 12.5. The van der Waals surface area contributed by atoms with Crippen LogP contribution in [0.3, 0.4) is 0 Å². The minimum atomic E-state index is 0.183. The highest BCUT2D eigenvalue weighted by Crippen LogP contribution is 2.22. The zero-order valence-corrected chi connectivity index (χ0v) is 16.5. The summed E-state index contributed by atoms with van der Waals surface area (Å²) in [6.07, 6.45) is 3.41. The number of aryl methyl sites for hydroxylation is 1. The number of benzene rings is 1. The van der Waals surface area contributed by atoms with Crippen LogP contribution in [0, 0.1) is 6.92 Å². The summed E-state index contributed by atoms with van der Waals surface area (Å²) < 4.78 is 7.74. The second-order valence-corrected chi connectivity index (χ2v) is 7.68. The number of para-hydroxylation sites is 1. The molecule has 1 aliphatic rings. The van der Waals surface area contributed by atoms with Crippen molar-refractivity contribution in [2.45, 2.75) is 50.9 Å². The fraction of sp³-hybridized carbons (Fsp3) is 0.526. The number of carbonyl (C=O) groups is 1. The minimum absolute atomic E-state index is 0.183. The van der Waals surface area contributed by atoms with E-state index in [9.17, 15) is 4.79 Å². The Balaban J connectivity index is 1.55. The average molecular weight is 375 g/mol. The van der Waals surface area contributed by atoms with Crippen molar-refractivity contribution in [1.82, 2.24) is 19.7 Å². The van der Waals surface area contributed by atoms with E-state index in [0.29, 0.717) is 18.4 Å². The molecule has 0 unspecified atom stereocenters. The van der Waals surface area contributed by atoms with E-state index in [1.54, 1.807) is 0 Å². The smallest absolute Gasteiger partial charge is 0.233 e. The highest BCUT2D eigenvalue weighted by Gasteiger charge is 2.23. The monoisotopic (exact) mass is 374 g/mol. The first-order valence-corrected chi connectivity index (χ1v) is 10.0. The number of thioether (sulfide) groups is 1.